The van der Waals surface area contributed by atoms with Gasteiger partial charge in [0.05, 0.1) is 5.60 Å². The van der Waals surface area contributed by atoms with Gasteiger partial charge >= 0.3 is 0 Å². The molecule has 124 valence electrons. The second-order valence-corrected chi connectivity index (χ2v) is 6.96. The maximum Gasteiger partial charge on any atom is 0.224 e. The molecule has 5 heteroatoms. The molecule has 3 heterocycles. The van der Waals surface area contributed by atoms with Gasteiger partial charge in [0.25, 0.3) is 0 Å². The Labute approximate surface area is 133 Å². The van der Waals surface area contributed by atoms with Crippen LogP contribution in [0.25, 0.3) is 0 Å². The van der Waals surface area contributed by atoms with Crippen molar-refractivity contribution in [3.05, 3.63) is 0 Å². The Balaban J connectivity index is 1.43. The van der Waals surface area contributed by atoms with E-state index in [-0.39, 0.29) is 17.4 Å². The van der Waals surface area contributed by atoms with E-state index in [1.54, 1.807) is 0 Å². The van der Waals surface area contributed by atoms with Crippen molar-refractivity contribution in [1.29, 1.82) is 0 Å². The van der Waals surface area contributed by atoms with Crippen molar-refractivity contribution in [3.8, 4) is 0 Å². The van der Waals surface area contributed by atoms with Crippen LogP contribution < -0.4 is 0 Å². The molecule has 22 heavy (non-hydrogen) atoms. The van der Waals surface area contributed by atoms with E-state index in [1.165, 1.54) is 0 Å². The van der Waals surface area contributed by atoms with Crippen LogP contribution in [0.3, 0.4) is 0 Å². The summed E-state index contributed by atoms with van der Waals surface area (Å²) in [5, 5.41) is 0. The molecule has 0 aromatic heterocycles. The van der Waals surface area contributed by atoms with Crippen LogP contribution in [0.15, 0.2) is 0 Å². The number of ether oxygens (including phenoxy) is 1. The minimum absolute atomic E-state index is 0.0670. The van der Waals surface area contributed by atoms with Crippen molar-refractivity contribution in [2.24, 2.45) is 0 Å². The number of nitrogens with zero attached hydrogens (tertiary/aromatic N) is 2. The first kappa shape index (κ1) is 15.8. The van der Waals surface area contributed by atoms with E-state index in [4.69, 9.17) is 4.74 Å². The predicted molar refractivity (Wildman–Crippen MR) is 83.4 cm³/mol. The molecular formula is C17H28N2O3. The van der Waals surface area contributed by atoms with Gasteiger partial charge in [0.1, 0.15) is 0 Å². The molecule has 5 nitrogen and oxygen atoms in total. The van der Waals surface area contributed by atoms with Gasteiger partial charge in [-0.2, -0.15) is 0 Å². The largest absolute Gasteiger partial charge is 0.375 e. The molecule has 0 unspecified atom stereocenters. The van der Waals surface area contributed by atoms with Crippen molar-refractivity contribution in [3.63, 3.8) is 0 Å². The second kappa shape index (κ2) is 6.99. The quantitative estimate of drug-likeness (QED) is 0.801. The van der Waals surface area contributed by atoms with E-state index < -0.39 is 0 Å². The lowest BCUT2D eigenvalue weighted by atomic mass is 9.88. The monoisotopic (exact) mass is 308 g/mol. The molecule has 0 aromatic rings. The smallest absolute Gasteiger partial charge is 0.224 e. The zero-order valence-corrected chi connectivity index (χ0v) is 13.5. The lowest BCUT2D eigenvalue weighted by Gasteiger charge is -2.38. The Bertz CT molecular complexity index is 408. The van der Waals surface area contributed by atoms with Gasteiger partial charge in [-0.15, -0.1) is 0 Å². The van der Waals surface area contributed by atoms with Crippen LogP contribution >= 0.6 is 0 Å². The average Bonchev–Trinajstić information content (AvgIpc) is 2.87. The highest BCUT2D eigenvalue weighted by molar-refractivity contribution is 5.79. The number of piperidine rings is 1. The molecule has 0 aliphatic carbocycles. The fraction of sp³-hybridized carbons (Fsp3) is 0.882. The zero-order valence-electron chi connectivity index (χ0n) is 13.5. The maximum absolute atomic E-state index is 12.4. The fourth-order valence-electron chi connectivity index (χ4n) is 3.98. The van der Waals surface area contributed by atoms with Crippen LogP contribution in [-0.2, 0) is 14.3 Å². The third kappa shape index (κ3) is 3.62. The van der Waals surface area contributed by atoms with Gasteiger partial charge in [0.15, 0.2) is 0 Å². The third-order valence-electron chi connectivity index (χ3n) is 5.48. The molecule has 1 spiro atoms. The molecule has 0 saturated carbocycles. The van der Waals surface area contributed by atoms with Gasteiger partial charge in [0, 0.05) is 45.6 Å². The van der Waals surface area contributed by atoms with Crippen LogP contribution in [0.1, 0.15) is 57.8 Å². The average molecular weight is 308 g/mol. The van der Waals surface area contributed by atoms with Gasteiger partial charge in [-0.25, -0.2) is 0 Å². The highest BCUT2D eigenvalue weighted by Crippen LogP contribution is 2.35. The summed E-state index contributed by atoms with van der Waals surface area (Å²) < 4.78 is 5.90. The van der Waals surface area contributed by atoms with E-state index in [0.717, 1.165) is 71.2 Å². The molecule has 0 N–H and O–H groups in total. The number of amides is 2. The summed E-state index contributed by atoms with van der Waals surface area (Å²) in [7, 11) is 0. The van der Waals surface area contributed by atoms with Crippen molar-refractivity contribution in [1.82, 2.24) is 9.80 Å². The third-order valence-corrected chi connectivity index (χ3v) is 5.48. The van der Waals surface area contributed by atoms with Crippen LogP contribution in [0, 0.1) is 0 Å². The topological polar surface area (TPSA) is 49.9 Å². The zero-order chi connectivity index (χ0) is 15.4. The summed E-state index contributed by atoms with van der Waals surface area (Å²) in [4.78, 5) is 28.2. The van der Waals surface area contributed by atoms with Gasteiger partial charge in [-0.3, -0.25) is 9.59 Å². The summed E-state index contributed by atoms with van der Waals surface area (Å²) >= 11 is 0. The van der Waals surface area contributed by atoms with E-state index in [1.807, 2.05) is 9.80 Å². The van der Waals surface area contributed by atoms with Crippen molar-refractivity contribution in [2.75, 3.05) is 32.8 Å². The molecule has 0 aromatic carbocycles. The first-order valence-corrected chi connectivity index (χ1v) is 8.88. The first-order valence-electron chi connectivity index (χ1n) is 8.88. The molecule has 2 amide bonds. The first-order chi connectivity index (χ1) is 10.7. The summed E-state index contributed by atoms with van der Waals surface area (Å²) in [5.41, 5.74) is 0.0670. The standard InChI is InChI=1S/C17H28N2O3/c20-15-5-2-1-3-10-18(15)11-6-16(21)19-12-8-17(9-13-19)7-4-14-22-17/h1-14H2. The summed E-state index contributed by atoms with van der Waals surface area (Å²) in [6, 6.07) is 0. The Morgan fingerprint density at radius 2 is 1.86 bits per heavy atom. The van der Waals surface area contributed by atoms with Crippen LogP contribution in [0.4, 0.5) is 0 Å². The lowest BCUT2D eigenvalue weighted by Crippen LogP contribution is -2.47. The number of likely N-dealkylation sites (tertiary alicyclic amines) is 2. The Hall–Kier alpha value is -1.10. The number of hydrogen-bond donors (Lipinski definition) is 0. The lowest BCUT2D eigenvalue weighted by molar-refractivity contribution is -0.137. The molecule has 0 bridgehead atoms. The maximum atomic E-state index is 12.4. The van der Waals surface area contributed by atoms with Crippen LogP contribution in [-0.4, -0.2) is 60.0 Å². The molecule has 0 radical (unpaired) electrons. The Morgan fingerprint density at radius 3 is 2.59 bits per heavy atom. The molecular weight excluding hydrogens is 280 g/mol. The van der Waals surface area contributed by atoms with Crippen molar-refractivity contribution >= 4 is 11.8 Å². The molecule has 0 atom stereocenters. The van der Waals surface area contributed by atoms with Crippen LogP contribution in [0.5, 0.6) is 0 Å². The van der Waals surface area contributed by atoms with Crippen LogP contribution in [0.2, 0.25) is 0 Å². The highest BCUT2D eigenvalue weighted by Gasteiger charge is 2.39. The summed E-state index contributed by atoms with van der Waals surface area (Å²) in [6.07, 6.45) is 8.58. The fourth-order valence-corrected chi connectivity index (χ4v) is 3.98. The van der Waals surface area contributed by atoms with Crippen molar-refractivity contribution < 1.29 is 14.3 Å². The van der Waals surface area contributed by atoms with Gasteiger partial charge in [-0.1, -0.05) is 6.42 Å². The molecule has 3 saturated heterocycles. The molecule has 3 rings (SSSR count). The molecule has 3 aliphatic rings. The Morgan fingerprint density at radius 1 is 1.05 bits per heavy atom. The van der Waals surface area contributed by atoms with Gasteiger partial charge in [0.2, 0.25) is 11.8 Å². The number of rotatable bonds is 3. The van der Waals surface area contributed by atoms with E-state index in [9.17, 15) is 9.59 Å². The number of hydrogen-bond acceptors (Lipinski definition) is 3. The Kier molecular flexibility index (Phi) is 5.01. The van der Waals surface area contributed by atoms with Gasteiger partial charge < -0.3 is 14.5 Å². The van der Waals surface area contributed by atoms with Gasteiger partial charge in [-0.05, 0) is 38.5 Å². The number of carbonyl (C=O) groups excluding carboxylic acids is 2. The van der Waals surface area contributed by atoms with E-state index in [2.05, 4.69) is 0 Å². The van der Waals surface area contributed by atoms with Crippen molar-refractivity contribution in [2.45, 2.75) is 63.4 Å². The minimum Gasteiger partial charge on any atom is -0.375 e. The summed E-state index contributed by atoms with van der Waals surface area (Å²) in [5.74, 6) is 0.423. The molecule has 3 aliphatic heterocycles. The van der Waals surface area contributed by atoms with E-state index in [0.29, 0.717) is 19.4 Å². The van der Waals surface area contributed by atoms with E-state index >= 15 is 0 Å². The predicted octanol–water partition coefficient (Wildman–Crippen LogP) is 1.95. The highest BCUT2D eigenvalue weighted by atomic mass is 16.5. The SMILES string of the molecule is O=C1CCCCCN1CCC(=O)N1CCC2(CCCO2)CC1. The number of carbonyl (C=O) groups is 2. The summed E-state index contributed by atoms with van der Waals surface area (Å²) in [6.45, 7) is 3.92. The molecule has 3 fully saturated rings. The normalized spacial score (nSPS) is 25.5. The minimum atomic E-state index is 0.0670. The second-order valence-electron chi connectivity index (χ2n) is 6.96.